The van der Waals surface area contributed by atoms with Crippen LogP contribution in [-0.2, 0) is 6.54 Å². The molecule has 4 nitrogen and oxygen atoms in total. The fraction of sp³-hybridized carbons (Fsp3) is 0.800. The Morgan fingerprint density at radius 1 is 1.32 bits per heavy atom. The van der Waals surface area contributed by atoms with Gasteiger partial charge in [0.25, 0.3) is 0 Å². The monoisotopic (exact) mass is 266 g/mol. The quantitative estimate of drug-likeness (QED) is 0.747. The number of nitrogens with two attached hydrogens (primary N) is 1. The Morgan fingerprint density at radius 2 is 2.00 bits per heavy atom. The maximum atomic E-state index is 5.70. The lowest BCUT2D eigenvalue weighted by Crippen LogP contribution is -2.31. The molecule has 0 spiro atoms. The minimum atomic E-state index is 0.534. The van der Waals surface area contributed by atoms with Crippen LogP contribution in [-0.4, -0.2) is 34.3 Å². The van der Waals surface area contributed by atoms with Gasteiger partial charge in [-0.3, -0.25) is 9.58 Å². The van der Waals surface area contributed by atoms with Crippen LogP contribution in [0.4, 0.5) is 0 Å². The van der Waals surface area contributed by atoms with Gasteiger partial charge >= 0.3 is 0 Å². The van der Waals surface area contributed by atoms with E-state index in [1.165, 1.54) is 0 Å². The first-order chi connectivity index (χ1) is 9.14. The average Bonchev–Trinajstić information content (AvgIpc) is 2.87. The summed E-state index contributed by atoms with van der Waals surface area (Å²) in [6, 6.07) is 2.68. The molecule has 1 aromatic heterocycles. The van der Waals surface area contributed by atoms with Crippen LogP contribution < -0.4 is 5.73 Å². The van der Waals surface area contributed by atoms with Crippen LogP contribution in [0.1, 0.15) is 52.3 Å². The molecule has 0 aliphatic rings. The SMILES string of the molecule is CCC(CC)n1ccc(CN(CC)CC(C)CN)n1. The minimum Gasteiger partial charge on any atom is -0.330 e. The van der Waals surface area contributed by atoms with Crippen molar-refractivity contribution in [2.24, 2.45) is 11.7 Å². The summed E-state index contributed by atoms with van der Waals surface area (Å²) in [7, 11) is 0. The predicted octanol–water partition coefficient (Wildman–Crippen LogP) is 2.66. The van der Waals surface area contributed by atoms with Gasteiger partial charge in [0.2, 0.25) is 0 Å². The third-order valence-corrected chi connectivity index (χ3v) is 3.79. The van der Waals surface area contributed by atoms with Gasteiger partial charge in [-0.15, -0.1) is 0 Å². The standard InChI is InChI=1S/C15H30N4/c1-5-15(6-2)19-9-8-14(17-19)12-18(7-3)11-13(4)10-16/h8-9,13,15H,5-7,10-12,16H2,1-4H3. The van der Waals surface area contributed by atoms with E-state index in [9.17, 15) is 0 Å². The van der Waals surface area contributed by atoms with Crippen molar-refractivity contribution in [3.05, 3.63) is 18.0 Å². The summed E-state index contributed by atoms with van der Waals surface area (Å²) < 4.78 is 2.12. The normalized spacial score (nSPS) is 13.4. The topological polar surface area (TPSA) is 47.1 Å². The summed E-state index contributed by atoms with van der Waals surface area (Å²) in [5.41, 5.74) is 6.87. The zero-order valence-corrected chi connectivity index (χ0v) is 13.0. The summed E-state index contributed by atoms with van der Waals surface area (Å²) in [6.07, 6.45) is 4.39. The molecule has 1 rings (SSSR count). The molecule has 0 amide bonds. The van der Waals surface area contributed by atoms with E-state index in [1.807, 2.05) is 0 Å². The maximum Gasteiger partial charge on any atom is 0.0764 e. The van der Waals surface area contributed by atoms with Crippen LogP contribution in [0, 0.1) is 5.92 Å². The first-order valence-corrected chi connectivity index (χ1v) is 7.60. The van der Waals surface area contributed by atoms with E-state index in [4.69, 9.17) is 10.8 Å². The third kappa shape index (κ3) is 4.96. The van der Waals surface area contributed by atoms with Gasteiger partial charge in [0.1, 0.15) is 0 Å². The molecule has 110 valence electrons. The molecule has 19 heavy (non-hydrogen) atoms. The molecule has 0 saturated carbocycles. The number of aromatic nitrogens is 2. The van der Waals surface area contributed by atoms with Crippen LogP contribution in [0.15, 0.2) is 12.3 Å². The van der Waals surface area contributed by atoms with Gasteiger partial charge < -0.3 is 5.73 Å². The van der Waals surface area contributed by atoms with Crippen LogP contribution in [0.2, 0.25) is 0 Å². The second kappa shape index (κ2) is 8.33. The largest absolute Gasteiger partial charge is 0.330 e. The summed E-state index contributed by atoms with van der Waals surface area (Å²) in [5.74, 6) is 0.543. The molecule has 0 aliphatic heterocycles. The van der Waals surface area contributed by atoms with Crippen LogP contribution >= 0.6 is 0 Å². The van der Waals surface area contributed by atoms with Crippen LogP contribution in [0.25, 0.3) is 0 Å². The number of hydrogen-bond donors (Lipinski definition) is 1. The summed E-state index contributed by atoms with van der Waals surface area (Å²) in [5, 5.41) is 4.72. The highest BCUT2D eigenvalue weighted by molar-refractivity contribution is 4.99. The molecule has 0 aliphatic carbocycles. The zero-order chi connectivity index (χ0) is 14.3. The van der Waals surface area contributed by atoms with E-state index in [0.29, 0.717) is 12.0 Å². The molecule has 0 bridgehead atoms. The van der Waals surface area contributed by atoms with Gasteiger partial charge in [0.05, 0.1) is 11.7 Å². The van der Waals surface area contributed by atoms with Crippen LogP contribution in [0.3, 0.4) is 0 Å². The Balaban J connectivity index is 2.60. The highest BCUT2D eigenvalue weighted by atomic mass is 15.3. The summed E-state index contributed by atoms with van der Waals surface area (Å²) >= 11 is 0. The second-order valence-corrected chi connectivity index (χ2v) is 5.43. The Kier molecular flexibility index (Phi) is 7.10. The second-order valence-electron chi connectivity index (χ2n) is 5.43. The van der Waals surface area contributed by atoms with E-state index in [-0.39, 0.29) is 0 Å². The molecule has 1 atom stereocenters. The number of nitrogens with zero attached hydrogens (tertiary/aromatic N) is 3. The van der Waals surface area contributed by atoms with Gasteiger partial charge in [0.15, 0.2) is 0 Å². The maximum absolute atomic E-state index is 5.70. The molecule has 4 heteroatoms. The summed E-state index contributed by atoms with van der Waals surface area (Å²) in [6.45, 7) is 12.6. The Labute approximate surface area is 118 Å². The Morgan fingerprint density at radius 3 is 2.53 bits per heavy atom. The number of rotatable bonds is 9. The first kappa shape index (κ1) is 16.2. The average molecular weight is 266 g/mol. The van der Waals surface area contributed by atoms with E-state index in [1.54, 1.807) is 0 Å². The molecule has 0 fully saturated rings. The van der Waals surface area contributed by atoms with E-state index >= 15 is 0 Å². The van der Waals surface area contributed by atoms with E-state index in [2.05, 4.69) is 49.5 Å². The van der Waals surface area contributed by atoms with Gasteiger partial charge in [-0.05, 0) is 37.9 Å². The number of hydrogen-bond acceptors (Lipinski definition) is 3. The molecule has 1 heterocycles. The van der Waals surface area contributed by atoms with Crippen molar-refractivity contribution in [1.82, 2.24) is 14.7 Å². The summed E-state index contributed by atoms with van der Waals surface area (Å²) in [4.78, 5) is 2.41. The minimum absolute atomic E-state index is 0.534. The van der Waals surface area contributed by atoms with Crippen molar-refractivity contribution in [2.45, 2.75) is 53.1 Å². The molecule has 2 N–H and O–H groups in total. The molecule has 0 saturated heterocycles. The van der Waals surface area contributed by atoms with Crippen molar-refractivity contribution in [1.29, 1.82) is 0 Å². The van der Waals surface area contributed by atoms with Gasteiger partial charge in [0, 0.05) is 19.3 Å². The molecular formula is C15H30N4. The van der Waals surface area contributed by atoms with Crippen molar-refractivity contribution in [2.75, 3.05) is 19.6 Å². The lowest BCUT2D eigenvalue weighted by molar-refractivity contribution is 0.239. The lowest BCUT2D eigenvalue weighted by atomic mass is 10.1. The highest BCUT2D eigenvalue weighted by Gasteiger charge is 2.12. The van der Waals surface area contributed by atoms with Crippen molar-refractivity contribution in [3.8, 4) is 0 Å². The van der Waals surface area contributed by atoms with Crippen molar-refractivity contribution >= 4 is 0 Å². The molecule has 0 radical (unpaired) electrons. The van der Waals surface area contributed by atoms with Crippen molar-refractivity contribution < 1.29 is 0 Å². The van der Waals surface area contributed by atoms with Gasteiger partial charge in [-0.1, -0.05) is 27.7 Å². The first-order valence-electron chi connectivity index (χ1n) is 7.60. The highest BCUT2D eigenvalue weighted by Crippen LogP contribution is 2.15. The fourth-order valence-electron chi connectivity index (χ4n) is 2.38. The Bertz CT molecular complexity index is 344. The molecule has 0 aromatic carbocycles. The van der Waals surface area contributed by atoms with E-state index in [0.717, 1.165) is 44.7 Å². The van der Waals surface area contributed by atoms with E-state index < -0.39 is 0 Å². The predicted molar refractivity (Wildman–Crippen MR) is 81.0 cm³/mol. The molecule has 1 aromatic rings. The zero-order valence-electron chi connectivity index (χ0n) is 13.0. The molecular weight excluding hydrogens is 236 g/mol. The van der Waals surface area contributed by atoms with Gasteiger partial charge in [-0.25, -0.2) is 0 Å². The Hall–Kier alpha value is -0.870. The third-order valence-electron chi connectivity index (χ3n) is 3.79. The lowest BCUT2D eigenvalue weighted by Gasteiger charge is -2.22. The van der Waals surface area contributed by atoms with Crippen LogP contribution in [0.5, 0.6) is 0 Å². The fourth-order valence-corrected chi connectivity index (χ4v) is 2.38. The molecule has 1 unspecified atom stereocenters. The van der Waals surface area contributed by atoms with Crippen molar-refractivity contribution in [3.63, 3.8) is 0 Å². The van der Waals surface area contributed by atoms with Gasteiger partial charge in [-0.2, -0.15) is 5.10 Å². The smallest absolute Gasteiger partial charge is 0.0764 e.